The van der Waals surface area contributed by atoms with Gasteiger partial charge in [-0.3, -0.25) is 4.79 Å². The monoisotopic (exact) mass is 423 g/mol. The molecule has 1 fully saturated rings. The first kappa shape index (κ1) is 22.4. The molecule has 0 aromatic heterocycles. The first-order valence-electron chi connectivity index (χ1n) is 9.05. The fraction of sp³-hybridized carbons (Fsp3) is 0.350. The van der Waals surface area contributed by atoms with E-state index in [0.717, 1.165) is 11.1 Å². The Morgan fingerprint density at radius 1 is 1.07 bits per heavy atom. The number of hydrogen-bond donors (Lipinski definition) is 2. The molecule has 1 saturated heterocycles. The molecule has 1 atom stereocenters. The molecule has 6 nitrogen and oxygen atoms in total. The molecule has 0 bridgehead atoms. The summed E-state index contributed by atoms with van der Waals surface area (Å²) in [5, 5.41) is 2.95. The van der Waals surface area contributed by atoms with E-state index in [0.29, 0.717) is 30.8 Å². The Morgan fingerprint density at radius 2 is 1.64 bits per heavy atom. The molecule has 1 unspecified atom stereocenters. The van der Waals surface area contributed by atoms with Crippen molar-refractivity contribution in [2.45, 2.75) is 36.7 Å². The molecule has 2 aromatic carbocycles. The van der Waals surface area contributed by atoms with Crippen LogP contribution in [0.25, 0.3) is 0 Å². The van der Waals surface area contributed by atoms with Crippen LogP contribution in [0.3, 0.4) is 0 Å². The van der Waals surface area contributed by atoms with Crippen molar-refractivity contribution >= 4 is 28.3 Å². The fourth-order valence-corrected chi connectivity index (χ4v) is 4.67. The maximum absolute atomic E-state index is 12.7. The molecule has 1 aliphatic rings. The number of amides is 1. The number of hydrogen-bond acceptors (Lipinski definition) is 4. The quantitative estimate of drug-likeness (QED) is 0.772. The number of halogens is 1. The third-order valence-electron chi connectivity index (χ3n) is 4.90. The minimum absolute atomic E-state index is 0. The number of nitrogens with one attached hydrogen (secondary N) is 1. The third kappa shape index (κ3) is 5.11. The SMILES string of the molecule is Cc1ccc(S(=O)(=O)N2CCC(NC(=O)C(N)c3ccccc3)CC2)cc1.Cl. The minimum Gasteiger partial charge on any atom is -0.352 e. The number of piperidine rings is 1. The van der Waals surface area contributed by atoms with Gasteiger partial charge in [-0.2, -0.15) is 4.31 Å². The van der Waals surface area contributed by atoms with Crippen molar-refractivity contribution in [2.24, 2.45) is 5.73 Å². The van der Waals surface area contributed by atoms with Crippen LogP contribution < -0.4 is 11.1 Å². The maximum atomic E-state index is 12.7. The van der Waals surface area contributed by atoms with Crippen molar-refractivity contribution in [3.8, 4) is 0 Å². The van der Waals surface area contributed by atoms with Gasteiger partial charge < -0.3 is 11.1 Å². The van der Waals surface area contributed by atoms with Gasteiger partial charge in [-0.15, -0.1) is 12.4 Å². The molecule has 1 aliphatic heterocycles. The second-order valence-electron chi connectivity index (χ2n) is 6.89. The summed E-state index contributed by atoms with van der Waals surface area (Å²) in [4.78, 5) is 12.7. The minimum atomic E-state index is -3.49. The number of aryl methyl sites for hydroxylation is 1. The van der Waals surface area contributed by atoms with Gasteiger partial charge in [0.25, 0.3) is 0 Å². The van der Waals surface area contributed by atoms with Crippen LogP contribution in [0.15, 0.2) is 59.5 Å². The lowest BCUT2D eigenvalue weighted by molar-refractivity contribution is -0.123. The number of sulfonamides is 1. The lowest BCUT2D eigenvalue weighted by Gasteiger charge is -2.32. The molecule has 3 N–H and O–H groups in total. The second-order valence-corrected chi connectivity index (χ2v) is 8.83. The first-order valence-corrected chi connectivity index (χ1v) is 10.5. The Balaban J connectivity index is 0.00000280. The van der Waals surface area contributed by atoms with Crippen molar-refractivity contribution in [1.29, 1.82) is 0 Å². The van der Waals surface area contributed by atoms with Gasteiger partial charge in [0, 0.05) is 19.1 Å². The lowest BCUT2D eigenvalue weighted by atomic mass is 10.0. The van der Waals surface area contributed by atoms with Gasteiger partial charge in [0.1, 0.15) is 6.04 Å². The van der Waals surface area contributed by atoms with Crippen LogP contribution in [-0.2, 0) is 14.8 Å². The topological polar surface area (TPSA) is 92.5 Å². The summed E-state index contributed by atoms with van der Waals surface area (Å²) in [5.41, 5.74) is 7.80. The van der Waals surface area contributed by atoms with Gasteiger partial charge in [0.05, 0.1) is 4.90 Å². The Bertz CT molecular complexity index is 881. The highest BCUT2D eigenvalue weighted by Gasteiger charge is 2.30. The third-order valence-corrected chi connectivity index (χ3v) is 6.81. The Morgan fingerprint density at radius 3 is 2.21 bits per heavy atom. The van der Waals surface area contributed by atoms with Crippen LogP contribution in [0, 0.1) is 6.92 Å². The van der Waals surface area contributed by atoms with E-state index in [4.69, 9.17) is 5.73 Å². The highest BCUT2D eigenvalue weighted by Crippen LogP contribution is 2.21. The number of carbonyl (C=O) groups excluding carboxylic acids is 1. The Hall–Kier alpha value is -1.93. The van der Waals surface area contributed by atoms with Crippen molar-refractivity contribution in [2.75, 3.05) is 13.1 Å². The Labute approximate surface area is 172 Å². The second kappa shape index (κ2) is 9.52. The summed E-state index contributed by atoms with van der Waals surface area (Å²) in [5.74, 6) is -0.235. The van der Waals surface area contributed by atoms with E-state index >= 15 is 0 Å². The summed E-state index contributed by atoms with van der Waals surface area (Å²) >= 11 is 0. The maximum Gasteiger partial charge on any atom is 0.243 e. The van der Waals surface area contributed by atoms with E-state index in [9.17, 15) is 13.2 Å². The zero-order chi connectivity index (χ0) is 19.4. The van der Waals surface area contributed by atoms with Crippen LogP contribution in [0.4, 0.5) is 0 Å². The zero-order valence-electron chi connectivity index (χ0n) is 15.7. The van der Waals surface area contributed by atoms with Gasteiger partial charge in [0.2, 0.25) is 15.9 Å². The summed E-state index contributed by atoms with van der Waals surface area (Å²) in [6.07, 6.45) is 1.14. The summed E-state index contributed by atoms with van der Waals surface area (Å²) in [7, 11) is -3.49. The number of nitrogens with two attached hydrogens (primary N) is 1. The number of benzene rings is 2. The first-order chi connectivity index (χ1) is 12.9. The Kier molecular flexibility index (Phi) is 7.60. The van der Waals surface area contributed by atoms with E-state index in [2.05, 4.69) is 5.32 Å². The highest BCUT2D eigenvalue weighted by molar-refractivity contribution is 7.89. The van der Waals surface area contributed by atoms with Crippen LogP contribution >= 0.6 is 12.4 Å². The molecule has 0 saturated carbocycles. The van der Waals surface area contributed by atoms with Crippen LogP contribution in [0.2, 0.25) is 0 Å². The predicted octanol–water partition coefficient (Wildman–Crippen LogP) is 2.39. The van der Waals surface area contributed by atoms with Gasteiger partial charge in [0.15, 0.2) is 0 Å². The van der Waals surface area contributed by atoms with E-state index in [1.807, 2.05) is 37.3 Å². The van der Waals surface area contributed by atoms with Crippen molar-refractivity contribution in [1.82, 2.24) is 9.62 Å². The summed E-state index contributed by atoms with van der Waals surface area (Å²) in [6, 6.07) is 15.3. The standard InChI is InChI=1S/C20H25N3O3S.ClH/c1-15-7-9-18(10-8-15)27(25,26)23-13-11-17(12-14-23)22-20(24)19(21)16-5-3-2-4-6-16;/h2-10,17,19H,11-14,21H2,1H3,(H,22,24);1H. The molecule has 1 amide bonds. The molecule has 8 heteroatoms. The summed E-state index contributed by atoms with van der Waals surface area (Å²) in [6.45, 7) is 2.67. The van der Waals surface area contributed by atoms with E-state index < -0.39 is 16.1 Å². The van der Waals surface area contributed by atoms with Crippen LogP contribution in [0.5, 0.6) is 0 Å². The molecule has 2 aromatic rings. The molecule has 28 heavy (non-hydrogen) atoms. The number of nitrogens with zero attached hydrogens (tertiary/aromatic N) is 1. The molecule has 0 spiro atoms. The highest BCUT2D eigenvalue weighted by atomic mass is 35.5. The van der Waals surface area contributed by atoms with Gasteiger partial charge >= 0.3 is 0 Å². The van der Waals surface area contributed by atoms with E-state index in [1.165, 1.54) is 4.31 Å². The van der Waals surface area contributed by atoms with Crippen molar-refractivity contribution in [3.05, 3.63) is 65.7 Å². The van der Waals surface area contributed by atoms with Crippen molar-refractivity contribution in [3.63, 3.8) is 0 Å². The normalized spacial score (nSPS) is 16.8. The smallest absolute Gasteiger partial charge is 0.243 e. The fourth-order valence-electron chi connectivity index (χ4n) is 3.20. The van der Waals surface area contributed by atoms with Gasteiger partial charge in [-0.1, -0.05) is 48.0 Å². The molecule has 3 rings (SSSR count). The largest absolute Gasteiger partial charge is 0.352 e. The van der Waals surface area contributed by atoms with E-state index in [-0.39, 0.29) is 24.4 Å². The number of rotatable bonds is 5. The van der Waals surface area contributed by atoms with Gasteiger partial charge in [-0.25, -0.2) is 8.42 Å². The molecule has 1 heterocycles. The average Bonchev–Trinajstić information content (AvgIpc) is 2.69. The number of carbonyl (C=O) groups is 1. The molecule has 0 aliphatic carbocycles. The zero-order valence-corrected chi connectivity index (χ0v) is 17.4. The summed E-state index contributed by atoms with van der Waals surface area (Å²) < 4.78 is 27.0. The predicted molar refractivity (Wildman–Crippen MR) is 112 cm³/mol. The van der Waals surface area contributed by atoms with Crippen molar-refractivity contribution < 1.29 is 13.2 Å². The molecular weight excluding hydrogens is 398 g/mol. The molecule has 152 valence electrons. The van der Waals surface area contributed by atoms with E-state index in [1.54, 1.807) is 24.3 Å². The molecule has 0 radical (unpaired) electrons. The molecular formula is C20H26ClN3O3S. The van der Waals surface area contributed by atoms with Crippen LogP contribution in [0.1, 0.15) is 30.0 Å². The lowest BCUT2D eigenvalue weighted by Crippen LogP contribution is -2.48. The average molecular weight is 424 g/mol. The van der Waals surface area contributed by atoms with Gasteiger partial charge in [-0.05, 0) is 37.5 Å². The van der Waals surface area contributed by atoms with Crippen LogP contribution in [-0.4, -0.2) is 37.8 Å².